The number of aromatic carboxylic acids is 1. The van der Waals surface area contributed by atoms with Gasteiger partial charge >= 0.3 is 5.97 Å². The van der Waals surface area contributed by atoms with Gasteiger partial charge in [-0.2, -0.15) is 0 Å². The lowest BCUT2D eigenvalue weighted by atomic mass is 10.1. The average Bonchev–Trinajstić information content (AvgIpc) is 2.86. The summed E-state index contributed by atoms with van der Waals surface area (Å²) in [6.07, 6.45) is 0. The van der Waals surface area contributed by atoms with Gasteiger partial charge in [-0.25, -0.2) is 4.79 Å². The van der Waals surface area contributed by atoms with Gasteiger partial charge in [-0.3, -0.25) is 0 Å². The molecule has 2 N–H and O–H groups in total. The molecule has 1 aromatic carbocycles. The van der Waals surface area contributed by atoms with Crippen LogP contribution in [0.3, 0.4) is 0 Å². The molecule has 0 aliphatic rings. The summed E-state index contributed by atoms with van der Waals surface area (Å²) in [5, 5.41) is 12.9. The largest absolute Gasteiger partial charge is 0.477 e. The Morgan fingerprint density at radius 3 is 2.58 bits per heavy atom. The van der Waals surface area contributed by atoms with Gasteiger partial charge in [0.2, 0.25) is 0 Å². The van der Waals surface area contributed by atoms with E-state index < -0.39 is 5.97 Å². The third-order valence-electron chi connectivity index (χ3n) is 2.82. The van der Waals surface area contributed by atoms with Crippen LogP contribution in [0.4, 0.5) is 0 Å². The summed E-state index contributed by atoms with van der Waals surface area (Å²) in [6, 6.07) is 11.4. The van der Waals surface area contributed by atoms with E-state index in [4.69, 9.17) is 16.7 Å². The summed E-state index contributed by atoms with van der Waals surface area (Å²) in [5.41, 5.74) is 1.15. The monoisotopic (exact) mass is 295 g/mol. The first-order chi connectivity index (χ1) is 9.06. The molecule has 1 aromatic heterocycles. The van der Waals surface area contributed by atoms with Crippen LogP contribution < -0.4 is 5.32 Å². The molecule has 0 radical (unpaired) electrons. The number of thiophene rings is 1. The molecule has 0 aliphatic carbocycles. The quantitative estimate of drug-likeness (QED) is 0.878. The van der Waals surface area contributed by atoms with Gasteiger partial charge in [0, 0.05) is 22.5 Å². The Balaban J connectivity index is 1.94. The molecule has 1 unspecified atom stereocenters. The third-order valence-corrected chi connectivity index (χ3v) is 4.15. The lowest BCUT2D eigenvalue weighted by molar-refractivity contribution is 0.0702. The Bertz CT molecular complexity index is 565. The van der Waals surface area contributed by atoms with Gasteiger partial charge in [0.25, 0.3) is 0 Å². The number of benzene rings is 1. The Labute approximate surface area is 120 Å². The summed E-state index contributed by atoms with van der Waals surface area (Å²) in [4.78, 5) is 12.2. The van der Waals surface area contributed by atoms with Gasteiger partial charge in [0.1, 0.15) is 4.88 Å². The fourth-order valence-electron chi connectivity index (χ4n) is 1.71. The van der Waals surface area contributed by atoms with Crippen molar-refractivity contribution in [1.82, 2.24) is 5.32 Å². The lowest BCUT2D eigenvalue weighted by Crippen LogP contribution is -2.17. The van der Waals surface area contributed by atoms with Gasteiger partial charge in [-0.05, 0) is 36.8 Å². The number of nitrogens with one attached hydrogen (secondary N) is 1. The highest BCUT2D eigenvalue weighted by Gasteiger charge is 2.09. The summed E-state index contributed by atoms with van der Waals surface area (Å²) in [6.45, 7) is 2.72. The molecule has 100 valence electrons. The zero-order chi connectivity index (χ0) is 13.8. The number of halogens is 1. The minimum atomic E-state index is -0.873. The van der Waals surface area contributed by atoms with Crippen LogP contribution in [-0.2, 0) is 6.54 Å². The number of carbonyl (C=O) groups is 1. The van der Waals surface area contributed by atoms with E-state index in [0.717, 1.165) is 15.5 Å². The highest BCUT2D eigenvalue weighted by Crippen LogP contribution is 2.19. The SMILES string of the molecule is CC(NCc1ccc(C(=O)O)s1)c1ccc(Cl)cc1. The van der Waals surface area contributed by atoms with Gasteiger partial charge in [-0.1, -0.05) is 23.7 Å². The second-order valence-corrected chi connectivity index (χ2v) is 5.83. The maximum atomic E-state index is 10.8. The first kappa shape index (κ1) is 14.1. The van der Waals surface area contributed by atoms with Crippen molar-refractivity contribution in [3.8, 4) is 0 Å². The molecule has 1 atom stereocenters. The number of carboxylic acid groups (broad SMARTS) is 1. The number of hydrogen-bond donors (Lipinski definition) is 2. The van der Waals surface area contributed by atoms with E-state index in [1.54, 1.807) is 6.07 Å². The van der Waals surface area contributed by atoms with E-state index >= 15 is 0 Å². The summed E-state index contributed by atoms with van der Waals surface area (Å²) >= 11 is 7.14. The summed E-state index contributed by atoms with van der Waals surface area (Å²) in [5.74, 6) is -0.873. The maximum absolute atomic E-state index is 10.8. The Hall–Kier alpha value is -1.36. The molecule has 0 amide bonds. The third kappa shape index (κ3) is 3.80. The topological polar surface area (TPSA) is 49.3 Å². The van der Waals surface area contributed by atoms with Crippen molar-refractivity contribution >= 4 is 28.9 Å². The van der Waals surface area contributed by atoms with Crippen LogP contribution in [0.25, 0.3) is 0 Å². The van der Waals surface area contributed by atoms with Gasteiger partial charge < -0.3 is 10.4 Å². The molecule has 0 saturated carbocycles. The molecule has 0 aliphatic heterocycles. The van der Waals surface area contributed by atoms with Crippen LogP contribution in [-0.4, -0.2) is 11.1 Å². The zero-order valence-corrected chi connectivity index (χ0v) is 12.0. The van der Waals surface area contributed by atoms with E-state index in [0.29, 0.717) is 11.4 Å². The van der Waals surface area contributed by atoms with Crippen molar-refractivity contribution in [2.75, 3.05) is 0 Å². The molecule has 5 heteroatoms. The molecule has 3 nitrogen and oxygen atoms in total. The fourth-order valence-corrected chi connectivity index (χ4v) is 2.63. The number of rotatable bonds is 5. The van der Waals surface area contributed by atoms with E-state index in [1.807, 2.05) is 30.3 Å². The highest BCUT2D eigenvalue weighted by molar-refractivity contribution is 7.13. The summed E-state index contributed by atoms with van der Waals surface area (Å²) < 4.78 is 0. The Morgan fingerprint density at radius 2 is 2.00 bits per heavy atom. The molecular formula is C14H14ClNO2S. The first-order valence-corrected chi connectivity index (χ1v) is 7.06. The van der Waals surface area contributed by atoms with Crippen molar-refractivity contribution in [3.05, 3.63) is 56.7 Å². The van der Waals surface area contributed by atoms with Crippen LogP contribution in [0, 0.1) is 0 Å². The smallest absolute Gasteiger partial charge is 0.345 e. The van der Waals surface area contributed by atoms with E-state index in [2.05, 4.69) is 12.2 Å². The number of hydrogen-bond acceptors (Lipinski definition) is 3. The van der Waals surface area contributed by atoms with Crippen molar-refractivity contribution in [2.24, 2.45) is 0 Å². The molecule has 2 rings (SSSR count). The van der Waals surface area contributed by atoms with Gasteiger partial charge in [0.15, 0.2) is 0 Å². The normalized spacial score (nSPS) is 12.3. The molecule has 0 saturated heterocycles. The van der Waals surface area contributed by atoms with Crippen molar-refractivity contribution in [2.45, 2.75) is 19.5 Å². The summed E-state index contributed by atoms with van der Waals surface area (Å²) in [7, 11) is 0. The van der Waals surface area contributed by atoms with Crippen LogP contribution in [0.2, 0.25) is 5.02 Å². The van der Waals surface area contributed by atoms with Crippen LogP contribution in [0.5, 0.6) is 0 Å². The second-order valence-electron chi connectivity index (χ2n) is 4.23. The minimum Gasteiger partial charge on any atom is -0.477 e. The molecule has 2 aromatic rings. The first-order valence-electron chi connectivity index (χ1n) is 5.87. The zero-order valence-electron chi connectivity index (χ0n) is 10.4. The molecule has 0 fully saturated rings. The molecule has 1 heterocycles. The predicted octanol–water partition coefficient (Wildman–Crippen LogP) is 3.95. The van der Waals surface area contributed by atoms with Crippen LogP contribution in [0.1, 0.15) is 33.1 Å². The van der Waals surface area contributed by atoms with E-state index in [9.17, 15) is 4.79 Å². The predicted molar refractivity (Wildman–Crippen MR) is 78.0 cm³/mol. The van der Waals surface area contributed by atoms with Crippen LogP contribution in [0.15, 0.2) is 36.4 Å². The minimum absolute atomic E-state index is 0.188. The Kier molecular flexibility index (Phi) is 4.58. The molecule has 0 spiro atoms. The van der Waals surface area contributed by atoms with Gasteiger partial charge in [0.05, 0.1) is 0 Å². The number of carboxylic acids is 1. The lowest BCUT2D eigenvalue weighted by Gasteiger charge is -2.13. The van der Waals surface area contributed by atoms with Gasteiger partial charge in [-0.15, -0.1) is 11.3 Å². The Morgan fingerprint density at radius 1 is 1.32 bits per heavy atom. The fraction of sp³-hybridized carbons (Fsp3) is 0.214. The van der Waals surface area contributed by atoms with Crippen LogP contribution >= 0.6 is 22.9 Å². The van der Waals surface area contributed by atoms with E-state index in [1.165, 1.54) is 11.3 Å². The standard InChI is InChI=1S/C14H14ClNO2S/c1-9(10-2-4-11(15)5-3-10)16-8-12-6-7-13(19-12)14(17)18/h2-7,9,16H,8H2,1H3,(H,17,18). The van der Waals surface area contributed by atoms with Crippen molar-refractivity contribution < 1.29 is 9.90 Å². The van der Waals surface area contributed by atoms with Crippen molar-refractivity contribution in [1.29, 1.82) is 0 Å². The average molecular weight is 296 g/mol. The maximum Gasteiger partial charge on any atom is 0.345 e. The van der Waals surface area contributed by atoms with E-state index in [-0.39, 0.29) is 6.04 Å². The second kappa shape index (κ2) is 6.19. The molecule has 0 bridgehead atoms. The van der Waals surface area contributed by atoms with Crippen molar-refractivity contribution in [3.63, 3.8) is 0 Å². The highest BCUT2D eigenvalue weighted by atomic mass is 35.5. The molecular weight excluding hydrogens is 282 g/mol. The molecule has 19 heavy (non-hydrogen) atoms.